The molecule has 7 heteroatoms. The first-order valence-electron chi connectivity index (χ1n) is 4.74. The fourth-order valence-electron chi connectivity index (χ4n) is 1.14. The first-order valence-corrected chi connectivity index (χ1v) is 4.74. The van der Waals surface area contributed by atoms with Gasteiger partial charge in [-0.3, -0.25) is 4.79 Å². The third kappa shape index (κ3) is 2.77. The summed E-state index contributed by atoms with van der Waals surface area (Å²) in [5.41, 5.74) is 5.26. The van der Waals surface area contributed by atoms with Crippen LogP contribution in [0.3, 0.4) is 0 Å². The Labute approximate surface area is 95.8 Å². The molecule has 1 aromatic heterocycles. The number of carbonyl (C=O) groups excluding carboxylic acids is 1. The molecule has 0 spiro atoms. The molecule has 0 amide bonds. The molecule has 0 unspecified atom stereocenters. The number of hydrogen-bond acceptors (Lipinski definition) is 5. The Kier molecular flexibility index (Phi) is 2.99. The van der Waals surface area contributed by atoms with Crippen molar-refractivity contribution in [2.24, 2.45) is 0 Å². The van der Waals surface area contributed by atoms with E-state index in [-0.39, 0.29) is 18.4 Å². The van der Waals surface area contributed by atoms with Gasteiger partial charge in [-0.15, -0.1) is 5.10 Å². The van der Waals surface area contributed by atoms with Crippen molar-refractivity contribution in [3.63, 3.8) is 0 Å². The maximum absolute atomic E-state index is 12.6. The molecule has 0 saturated heterocycles. The summed E-state index contributed by atoms with van der Waals surface area (Å²) in [5.74, 6) is -0.376. The van der Waals surface area contributed by atoms with Crippen molar-refractivity contribution in [1.82, 2.24) is 14.8 Å². The average Bonchev–Trinajstić information content (AvgIpc) is 2.75. The second-order valence-corrected chi connectivity index (χ2v) is 3.18. The summed E-state index contributed by atoms with van der Waals surface area (Å²) < 4.78 is 18.7. The minimum atomic E-state index is -0.418. The van der Waals surface area contributed by atoms with Gasteiger partial charge >= 0.3 is 0 Å². The van der Waals surface area contributed by atoms with E-state index < -0.39 is 5.91 Å². The summed E-state index contributed by atoms with van der Waals surface area (Å²) in [6, 6.07) is 5.34. The molecule has 88 valence electrons. The zero-order valence-corrected chi connectivity index (χ0v) is 8.71. The van der Waals surface area contributed by atoms with Crippen LogP contribution in [0.1, 0.15) is 4.79 Å². The van der Waals surface area contributed by atoms with Crippen molar-refractivity contribution in [2.75, 3.05) is 12.3 Å². The van der Waals surface area contributed by atoms with Crippen LogP contribution in [0.25, 0.3) is 0 Å². The van der Waals surface area contributed by atoms with E-state index in [2.05, 4.69) is 10.1 Å². The van der Waals surface area contributed by atoms with Crippen LogP contribution in [0.4, 0.5) is 10.3 Å². The number of halogens is 1. The lowest BCUT2D eigenvalue weighted by Crippen LogP contribution is -2.19. The summed E-state index contributed by atoms with van der Waals surface area (Å²) in [6.45, 7) is -0.228. The van der Waals surface area contributed by atoms with Gasteiger partial charge in [0.05, 0.1) is 0 Å². The molecule has 0 aliphatic heterocycles. The first kappa shape index (κ1) is 11.1. The molecular weight excluding hydrogens is 227 g/mol. The van der Waals surface area contributed by atoms with E-state index in [9.17, 15) is 9.18 Å². The number of aromatic nitrogens is 3. The van der Waals surface area contributed by atoms with E-state index in [0.717, 1.165) is 4.68 Å². The summed E-state index contributed by atoms with van der Waals surface area (Å²) in [7, 11) is 0. The highest BCUT2D eigenvalue weighted by molar-refractivity contribution is 5.79. The van der Waals surface area contributed by atoms with E-state index >= 15 is 0 Å². The molecule has 0 aliphatic rings. The van der Waals surface area contributed by atoms with Gasteiger partial charge in [0.15, 0.2) is 6.61 Å². The number of nitrogens with two attached hydrogens (primary N) is 1. The van der Waals surface area contributed by atoms with Crippen LogP contribution >= 0.6 is 0 Å². The number of rotatable bonds is 3. The van der Waals surface area contributed by atoms with Gasteiger partial charge in [0.25, 0.3) is 5.91 Å². The lowest BCUT2D eigenvalue weighted by Gasteiger charge is -2.04. The maximum Gasteiger partial charge on any atom is 0.286 e. The highest BCUT2D eigenvalue weighted by Crippen LogP contribution is 2.10. The van der Waals surface area contributed by atoms with Crippen molar-refractivity contribution < 1.29 is 13.9 Å². The summed E-state index contributed by atoms with van der Waals surface area (Å²) >= 11 is 0. The quantitative estimate of drug-likeness (QED) is 0.848. The van der Waals surface area contributed by atoms with Gasteiger partial charge in [-0.2, -0.15) is 4.68 Å². The third-order valence-corrected chi connectivity index (χ3v) is 1.94. The molecule has 0 fully saturated rings. The van der Waals surface area contributed by atoms with Gasteiger partial charge < -0.3 is 10.5 Å². The van der Waals surface area contributed by atoms with Crippen LogP contribution in [0, 0.1) is 5.82 Å². The molecule has 6 nitrogen and oxygen atoms in total. The van der Waals surface area contributed by atoms with Gasteiger partial charge in [-0.25, -0.2) is 9.37 Å². The van der Waals surface area contributed by atoms with Crippen molar-refractivity contribution in [1.29, 1.82) is 0 Å². The SMILES string of the molecule is Nc1ncn(C(=O)COc2ccc(F)cc2)n1. The molecule has 0 atom stereocenters. The largest absolute Gasteiger partial charge is 0.484 e. The maximum atomic E-state index is 12.6. The molecule has 1 heterocycles. The van der Waals surface area contributed by atoms with E-state index in [4.69, 9.17) is 10.5 Å². The number of hydrogen-bond donors (Lipinski definition) is 1. The van der Waals surface area contributed by atoms with Gasteiger partial charge in [-0.1, -0.05) is 0 Å². The highest BCUT2D eigenvalue weighted by atomic mass is 19.1. The Morgan fingerprint density at radius 3 is 2.71 bits per heavy atom. The molecule has 0 saturated carbocycles. The van der Waals surface area contributed by atoms with Crippen LogP contribution in [-0.4, -0.2) is 27.3 Å². The molecule has 2 rings (SSSR count). The molecule has 0 aliphatic carbocycles. The number of carbonyl (C=O) groups is 1. The smallest absolute Gasteiger partial charge is 0.286 e. The molecule has 17 heavy (non-hydrogen) atoms. The Balaban J connectivity index is 1.94. The number of nitrogen functional groups attached to an aromatic ring is 1. The lowest BCUT2D eigenvalue weighted by molar-refractivity contribution is 0.0821. The average molecular weight is 236 g/mol. The molecule has 0 radical (unpaired) electrons. The van der Waals surface area contributed by atoms with Crippen molar-refractivity contribution in [3.05, 3.63) is 36.4 Å². The van der Waals surface area contributed by atoms with Crippen molar-refractivity contribution in [3.8, 4) is 5.75 Å². The Morgan fingerprint density at radius 2 is 2.12 bits per heavy atom. The van der Waals surface area contributed by atoms with E-state index in [1.165, 1.54) is 30.6 Å². The molecule has 0 bridgehead atoms. The number of nitrogens with zero attached hydrogens (tertiary/aromatic N) is 3. The molecule has 2 N–H and O–H groups in total. The standard InChI is InChI=1S/C10H9FN4O2/c11-7-1-3-8(4-2-7)17-5-9(16)15-6-13-10(12)14-15/h1-4,6H,5H2,(H2,12,14). The Morgan fingerprint density at radius 1 is 1.41 bits per heavy atom. The Hall–Kier alpha value is -2.44. The van der Waals surface area contributed by atoms with Crippen LogP contribution < -0.4 is 10.5 Å². The summed E-state index contributed by atoms with van der Waals surface area (Å²) in [4.78, 5) is 15.1. The van der Waals surface area contributed by atoms with E-state index in [1.807, 2.05) is 0 Å². The predicted molar refractivity (Wildman–Crippen MR) is 57.0 cm³/mol. The fourth-order valence-corrected chi connectivity index (χ4v) is 1.14. The second-order valence-electron chi connectivity index (χ2n) is 3.18. The minimum Gasteiger partial charge on any atom is -0.484 e. The topological polar surface area (TPSA) is 83.0 Å². The molecule has 1 aromatic carbocycles. The zero-order valence-electron chi connectivity index (χ0n) is 8.71. The van der Waals surface area contributed by atoms with Crippen LogP contribution in [0.2, 0.25) is 0 Å². The Bertz CT molecular complexity index is 523. The van der Waals surface area contributed by atoms with Gasteiger partial charge in [0.1, 0.15) is 17.9 Å². The normalized spacial score (nSPS) is 10.2. The van der Waals surface area contributed by atoms with Gasteiger partial charge in [-0.05, 0) is 24.3 Å². The first-order chi connectivity index (χ1) is 8.15. The summed E-state index contributed by atoms with van der Waals surface area (Å²) in [5, 5.41) is 3.63. The summed E-state index contributed by atoms with van der Waals surface area (Å²) in [6.07, 6.45) is 1.20. The van der Waals surface area contributed by atoms with Crippen molar-refractivity contribution >= 4 is 11.9 Å². The van der Waals surface area contributed by atoms with E-state index in [1.54, 1.807) is 0 Å². The molecular formula is C10H9FN4O2. The predicted octanol–water partition coefficient (Wildman–Crippen LogP) is 0.719. The number of benzene rings is 1. The zero-order chi connectivity index (χ0) is 12.3. The number of ether oxygens (including phenoxy) is 1. The van der Waals surface area contributed by atoms with Crippen LogP contribution in [-0.2, 0) is 0 Å². The van der Waals surface area contributed by atoms with E-state index in [0.29, 0.717) is 5.75 Å². The highest BCUT2D eigenvalue weighted by Gasteiger charge is 2.08. The van der Waals surface area contributed by atoms with Crippen LogP contribution in [0.5, 0.6) is 5.75 Å². The van der Waals surface area contributed by atoms with Gasteiger partial charge in [0.2, 0.25) is 5.95 Å². The second kappa shape index (κ2) is 4.60. The van der Waals surface area contributed by atoms with Crippen molar-refractivity contribution in [2.45, 2.75) is 0 Å². The minimum absolute atomic E-state index is 0.0140. The third-order valence-electron chi connectivity index (χ3n) is 1.94. The lowest BCUT2D eigenvalue weighted by atomic mass is 10.3. The van der Waals surface area contributed by atoms with Crippen LogP contribution in [0.15, 0.2) is 30.6 Å². The fraction of sp³-hybridized carbons (Fsp3) is 0.100. The number of anilines is 1. The monoisotopic (exact) mass is 236 g/mol. The molecule has 2 aromatic rings. The van der Waals surface area contributed by atoms with Gasteiger partial charge in [0, 0.05) is 0 Å².